The van der Waals surface area contributed by atoms with E-state index in [-0.39, 0.29) is 22.6 Å². The molecular weight excluding hydrogens is 276 g/mol. The lowest BCUT2D eigenvalue weighted by molar-refractivity contribution is -0.0498. The molecule has 1 unspecified atom stereocenters. The average molecular weight is 292 g/mol. The molecule has 19 heavy (non-hydrogen) atoms. The summed E-state index contributed by atoms with van der Waals surface area (Å²) in [6.45, 7) is -0.495. The van der Waals surface area contributed by atoms with Crippen LogP contribution in [0.15, 0.2) is 24.3 Å². The van der Waals surface area contributed by atoms with Crippen LogP contribution in [-0.2, 0) is 0 Å². The van der Waals surface area contributed by atoms with Crippen molar-refractivity contribution in [1.82, 2.24) is 5.32 Å². The number of ether oxygens (including phenoxy) is 1. The summed E-state index contributed by atoms with van der Waals surface area (Å²) in [4.78, 5) is 11.8. The molecule has 0 fully saturated rings. The highest BCUT2D eigenvalue weighted by Crippen LogP contribution is 2.16. The number of carbonyl (C=O) groups excluding carboxylic acids is 1. The molecule has 0 aliphatic rings. The third kappa shape index (κ3) is 5.87. The molecule has 0 bridgehead atoms. The molecule has 0 aliphatic heterocycles. The number of alkyl halides is 3. The Labute approximate surface area is 115 Å². The van der Waals surface area contributed by atoms with Crippen LogP contribution < -0.4 is 10.1 Å². The van der Waals surface area contributed by atoms with Crippen LogP contribution in [-0.4, -0.2) is 24.4 Å². The van der Waals surface area contributed by atoms with Crippen molar-refractivity contribution in [3.63, 3.8) is 0 Å². The van der Waals surface area contributed by atoms with Crippen molar-refractivity contribution in [3.8, 4) is 5.75 Å². The van der Waals surface area contributed by atoms with Gasteiger partial charge in [0.15, 0.2) is 0 Å². The van der Waals surface area contributed by atoms with Gasteiger partial charge in [0.1, 0.15) is 5.75 Å². The Bertz CT molecular complexity index is 415. The number of nitrogens with one attached hydrogen (secondary N) is 1. The predicted octanol–water partition coefficient (Wildman–Crippen LogP) is 3.43. The summed E-state index contributed by atoms with van der Waals surface area (Å²) in [5.41, 5.74) is 0.278. The molecule has 0 aliphatic carbocycles. The Kier molecular flexibility index (Phi) is 6.56. The average Bonchev–Trinajstić information content (AvgIpc) is 2.37. The summed E-state index contributed by atoms with van der Waals surface area (Å²) in [6.07, 6.45) is 1.49. The molecule has 3 nitrogen and oxygen atoms in total. The zero-order valence-corrected chi connectivity index (χ0v) is 11.3. The number of hydrogen-bond acceptors (Lipinski definition) is 2. The van der Waals surface area contributed by atoms with Crippen LogP contribution in [0.1, 0.15) is 30.1 Å². The summed E-state index contributed by atoms with van der Waals surface area (Å²) >= 11 is 5.92. The molecule has 1 aromatic carbocycles. The molecule has 0 radical (unpaired) electrons. The van der Waals surface area contributed by atoms with E-state index in [1.54, 1.807) is 0 Å². The Balaban J connectivity index is 2.52. The molecular formula is C13H16ClF2NO2. The number of halogens is 3. The van der Waals surface area contributed by atoms with Crippen molar-refractivity contribution >= 4 is 17.5 Å². The van der Waals surface area contributed by atoms with Crippen molar-refractivity contribution < 1.29 is 18.3 Å². The fraction of sp³-hybridized carbons (Fsp3) is 0.462. The van der Waals surface area contributed by atoms with Gasteiger partial charge in [-0.1, -0.05) is 13.0 Å². The largest absolute Gasteiger partial charge is 0.435 e. The van der Waals surface area contributed by atoms with Gasteiger partial charge < -0.3 is 10.1 Å². The molecule has 1 N–H and O–H groups in total. The summed E-state index contributed by atoms with van der Waals surface area (Å²) in [6, 6.07) is 5.67. The van der Waals surface area contributed by atoms with Crippen molar-refractivity contribution in [2.45, 2.75) is 31.8 Å². The zero-order chi connectivity index (χ0) is 14.3. The number of amides is 1. The lowest BCUT2D eigenvalue weighted by atomic mass is 10.2. The normalized spacial score (nSPS) is 12.3. The van der Waals surface area contributed by atoms with Gasteiger partial charge in [-0.15, -0.1) is 11.6 Å². The summed E-state index contributed by atoms with van der Waals surface area (Å²) in [5.74, 6) is -0.369. The topological polar surface area (TPSA) is 38.3 Å². The van der Waals surface area contributed by atoms with Gasteiger partial charge >= 0.3 is 6.61 Å². The smallest absolute Gasteiger partial charge is 0.387 e. The van der Waals surface area contributed by atoms with Crippen LogP contribution in [0.25, 0.3) is 0 Å². The molecule has 0 saturated carbocycles. The van der Waals surface area contributed by atoms with Gasteiger partial charge in [-0.25, -0.2) is 0 Å². The molecule has 0 aromatic heterocycles. The second-order valence-corrected chi connectivity index (χ2v) is 4.57. The zero-order valence-electron chi connectivity index (χ0n) is 10.5. The highest BCUT2D eigenvalue weighted by atomic mass is 35.5. The molecule has 1 rings (SSSR count). The van der Waals surface area contributed by atoms with Crippen molar-refractivity contribution in [3.05, 3.63) is 29.8 Å². The molecule has 1 atom stereocenters. The van der Waals surface area contributed by atoms with E-state index in [2.05, 4.69) is 10.1 Å². The van der Waals surface area contributed by atoms with Crippen LogP contribution in [0.2, 0.25) is 0 Å². The molecule has 106 valence electrons. The monoisotopic (exact) mass is 291 g/mol. The van der Waals surface area contributed by atoms with Crippen molar-refractivity contribution in [1.29, 1.82) is 0 Å². The summed E-state index contributed by atoms with van der Waals surface area (Å²) in [7, 11) is 0. The van der Waals surface area contributed by atoms with Crippen molar-refractivity contribution in [2.24, 2.45) is 0 Å². The summed E-state index contributed by atoms with van der Waals surface area (Å²) in [5, 5.41) is 2.70. The van der Waals surface area contributed by atoms with Crippen LogP contribution >= 0.6 is 11.6 Å². The van der Waals surface area contributed by atoms with Gasteiger partial charge in [0.2, 0.25) is 0 Å². The standard InChI is InChI=1S/C13H16ClF2NO2/c1-2-10(14)6-7-17-12(18)9-4-3-5-11(8-9)19-13(15)16/h3-5,8,10,13H,2,6-7H2,1H3,(H,17,18). The van der Waals surface area contributed by atoms with Crippen LogP contribution in [0.3, 0.4) is 0 Å². The quantitative estimate of drug-likeness (QED) is 0.782. The number of hydrogen-bond donors (Lipinski definition) is 1. The van der Waals surface area contributed by atoms with Gasteiger partial charge in [-0.3, -0.25) is 4.79 Å². The lowest BCUT2D eigenvalue weighted by Gasteiger charge is -2.09. The molecule has 0 heterocycles. The Morgan fingerprint density at radius 1 is 1.47 bits per heavy atom. The van der Waals surface area contributed by atoms with Gasteiger partial charge in [-0.05, 0) is 31.0 Å². The van der Waals surface area contributed by atoms with E-state index >= 15 is 0 Å². The third-order valence-electron chi connectivity index (χ3n) is 2.51. The minimum atomic E-state index is -2.90. The van der Waals surface area contributed by atoms with E-state index in [9.17, 15) is 13.6 Å². The maximum Gasteiger partial charge on any atom is 0.387 e. The first-order valence-electron chi connectivity index (χ1n) is 6.00. The van der Waals surface area contributed by atoms with Crippen molar-refractivity contribution in [2.75, 3.05) is 6.54 Å². The van der Waals surface area contributed by atoms with Gasteiger partial charge in [0.05, 0.1) is 0 Å². The second-order valence-electron chi connectivity index (χ2n) is 3.96. The maximum atomic E-state index is 12.0. The van der Waals surface area contributed by atoms with E-state index in [0.717, 1.165) is 6.42 Å². The van der Waals surface area contributed by atoms with Gasteiger partial charge in [0, 0.05) is 17.5 Å². The fourth-order valence-corrected chi connectivity index (χ4v) is 1.57. The maximum absolute atomic E-state index is 12.0. The minimum Gasteiger partial charge on any atom is -0.435 e. The first kappa shape index (κ1) is 15.7. The van der Waals surface area contributed by atoms with Crippen LogP contribution in [0.5, 0.6) is 5.75 Å². The summed E-state index contributed by atoms with van der Waals surface area (Å²) < 4.78 is 28.3. The van der Waals surface area contributed by atoms with Crippen LogP contribution in [0.4, 0.5) is 8.78 Å². The van der Waals surface area contributed by atoms with Gasteiger partial charge in [-0.2, -0.15) is 8.78 Å². The van der Waals surface area contributed by atoms with E-state index < -0.39 is 6.61 Å². The fourth-order valence-electron chi connectivity index (χ4n) is 1.46. The number of carbonyl (C=O) groups is 1. The predicted molar refractivity (Wildman–Crippen MR) is 70.0 cm³/mol. The SMILES string of the molecule is CCC(Cl)CCNC(=O)c1cccc(OC(F)F)c1. The Morgan fingerprint density at radius 3 is 2.84 bits per heavy atom. The minimum absolute atomic E-state index is 0.0220. The van der Waals surface area contributed by atoms with E-state index in [1.807, 2.05) is 6.92 Å². The highest BCUT2D eigenvalue weighted by Gasteiger charge is 2.09. The lowest BCUT2D eigenvalue weighted by Crippen LogP contribution is -2.26. The van der Waals surface area contributed by atoms with E-state index in [4.69, 9.17) is 11.6 Å². The second kappa shape index (κ2) is 7.94. The molecule has 0 saturated heterocycles. The van der Waals surface area contributed by atoms with E-state index in [0.29, 0.717) is 13.0 Å². The van der Waals surface area contributed by atoms with Gasteiger partial charge in [0.25, 0.3) is 5.91 Å². The molecule has 0 spiro atoms. The Morgan fingerprint density at radius 2 is 2.21 bits per heavy atom. The van der Waals surface area contributed by atoms with Crippen LogP contribution in [0, 0.1) is 0 Å². The molecule has 1 amide bonds. The molecule has 1 aromatic rings. The molecule has 6 heteroatoms. The number of benzene rings is 1. The number of rotatable bonds is 7. The third-order valence-corrected chi connectivity index (χ3v) is 3.03. The van der Waals surface area contributed by atoms with E-state index in [1.165, 1.54) is 24.3 Å². The first-order valence-corrected chi connectivity index (χ1v) is 6.43. The first-order chi connectivity index (χ1) is 9.02. The highest BCUT2D eigenvalue weighted by molar-refractivity contribution is 6.20. The Hall–Kier alpha value is -1.36.